The van der Waals surface area contributed by atoms with Crippen LogP contribution in [-0.4, -0.2) is 10.8 Å². The van der Waals surface area contributed by atoms with Crippen molar-refractivity contribution in [2.45, 2.75) is 19.8 Å². The molecular formula is C4H11NO2S. The van der Waals surface area contributed by atoms with E-state index in [-0.39, 0.29) is 0 Å². The van der Waals surface area contributed by atoms with Crippen LogP contribution in [0.3, 0.4) is 0 Å². The normalized spacial score (nSPS) is 13.8. The second-order valence-corrected chi connectivity index (χ2v) is 2.19. The van der Waals surface area contributed by atoms with Crippen LogP contribution >= 0.6 is 0 Å². The van der Waals surface area contributed by atoms with Gasteiger partial charge in [0.1, 0.15) is 0 Å². The van der Waals surface area contributed by atoms with Gasteiger partial charge in [-0.3, -0.25) is 4.18 Å². The lowest BCUT2D eigenvalue weighted by atomic mass is 10.4. The topological polar surface area (TPSA) is 52.3 Å². The van der Waals surface area contributed by atoms with Crippen molar-refractivity contribution in [3.05, 3.63) is 0 Å². The first kappa shape index (κ1) is 8.07. The fourth-order valence-electron chi connectivity index (χ4n) is 0.285. The van der Waals surface area contributed by atoms with E-state index in [9.17, 15) is 4.21 Å². The Morgan fingerprint density at radius 2 is 2.38 bits per heavy atom. The molecule has 0 aromatic carbocycles. The Bertz CT molecular complexity index is 76.4. The molecule has 50 valence electrons. The van der Waals surface area contributed by atoms with Gasteiger partial charge < -0.3 is 0 Å². The second-order valence-electron chi connectivity index (χ2n) is 1.44. The van der Waals surface area contributed by atoms with Crippen LogP contribution < -0.4 is 5.14 Å². The molecule has 0 heterocycles. The van der Waals surface area contributed by atoms with Gasteiger partial charge in [0.25, 0.3) is 0 Å². The van der Waals surface area contributed by atoms with E-state index >= 15 is 0 Å². The summed E-state index contributed by atoms with van der Waals surface area (Å²) in [5, 5.41) is 4.78. The molecule has 8 heavy (non-hydrogen) atoms. The van der Waals surface area contributed by atoms with Crippen LogP contribution in [0.5, 0.6) is 0 Å². The Balaban J connectivity index is 2.82. The van der Waals surface area contributed by atoms with E-state index in [1.165, 1.54) is 0 Å². The van der Waals surface area contributed by atoms with E-state index in [4.69, 9.17) is 5.14 Å². The van der Waals surface area contributed by atoms with Gasteiger partial charge in [-0.15, -0.1) is 0 Å². The van der Waals surface area contributed by atoms with Gasteiger partial charge in [0.15, 0.2) is 0 Å². The van der Waals surface area contributed by atoms with Crippen molar-refractivity contribution in [3.8, 4) is 0 Å². The molecule has 0 spiro atoms. The predicted molar refractivity (Wildman–Crippen MR) is 33.2 cm³/mol. The highest BCUT2D eigenvalue weighted by Gasteiger charge is 1.87. The molecule has 0 fully saturated rings. The minimum absolute atomic E-state index is 0.500. The van der Waals surface area contributed by atoms with Crippen molar-refractivity contribution in [2.75, 3.05) is 6.61 Å². The van der Waals surface area contributed by atoms with Gasteiger partial charge in [0.2, 0.25) is 11.3 Å². The quantitative estimate of drug-likeness (QED) is 0.568. The van der Waals surface area contributed by atoms with Gasteiger partial charge in [-0.2, -0.15) is 0 Å². The molecule has 4 heteroatoms. The number of nitrogens with two attached hydrogens (primary N) is 1. The number of rotatable bonds is 4. The third kappa shape index (κ3) is 6.07. The van der Waals surface area contributed by atoms with E-state index in [1.807, 2.05) is 6.92 Å². The first-order chi connectivity index (χ1) is 3.77. The van der Waals surface area contributed by atoms with E-state index < -0.39 is 11.3 Å². The zero-order valence-electron chi connectivity index (χ0n) is 4.92. The molecule has 0 rings (SSSR count). The Kier molecular flexibility index (Phi) is 5.26. The second kappa shape index (κ2) is 5.21. The fourth-order valence-corrected chi connectivity index (χ4v) is 0.568. The maximum atomic E-state index is 9.99. The van der Waals surface area contributed by atoms with Crippen molar-refractivity contribution >= 4 is 11.3 Å². The minimum Gasteiger partial charge on any atom is -0.278 e. The summed E-state index contributed by atoms with van der Waals surface area (Å²) in [6, 6.07) is 0. The molecule has 0 aromatic rings. The van der Waals surface area contributed by atoms with Crippen LogP contribution in [0.4, 0.5) is 0 Å². The molecule has 1 atom stereocenters. The zero-order chi connectivity index (χ0) is 6.41. The van der Waals surface area contributed by atoms with Crippen LogP contribution in [0.15, 0.2) is 0 Å². The zero-order valence-corrected chi connectivity index (χ0v) is 5.74. The SMILES string of the molecule is CCCCOS(N)=O. The molecule has 0 aromatic heterocycles. The first-order valence-electron chi connectivity index (χ1n) is 2.56. The van der Waals surface area contributed by atoms with Crippen LogP contribution in [0.2, 0.25) is 0 Å². The largest absolute Gasteiger partial charge is 0.278 e. The molecular weight excluding hydrogens is 126 g/mol. The molecule has 0 radical (unpaired) electrons. The Morgan fingerprint density at radius 1 is 1.75 bits per heavy atom. The molecule has 2 N–H and O–H groups in total. The van der Waals surface area contributed by atoms with Gasteiger partial charge in [-0.1, -0.05) is 13.3 Å². The summed E-state index contributed by atoms with van der Waals surface area (Å²) in [5.41, 5.74) is 0. The van der Waals surface area contributed by atoms with Crippen molar-refractivity contribution in [3.63, 3.8) is 0 Å². The Morgan fingerprint density at radius 3 is 2.75 bits per heavy atom. The van der Waals surface area contributed by atoms with Gasteiger partial charge in [-0.25, -0.2) is 9.35 Å². The molecule has 0 bridgehead atoms. The van der Waals surface area contributed by atoms with Crippen molar-refractivity contribution in [1.29, 1.82) is 0 Å². The van der Waals surface area contributed by atoms with Crippen molar-refractivity contribution in [2.24, 2.45) is 5.14 Å². The van der Waals surface area contributed by atoms with Crippen LogP contribution in [0, 0.1) is 0 Å². The first-order valence-corrected chi connectivity index (χ1v) is 3.70. The monoisotopic (exact) mass is 137 g/mol. The van der Waals surface area contributed by atoms with Crippen molar-refractivity contribution in [1.82, 2.24) is 0 Å². The molecule has 3 nitrogen and oxygen atoms in total. The number of unbranched alkanes of at least 4 members (excludes halogenated alkanes) is 1. The number of hydrogen-bond acceptors (Lipinski definition) is 2. The molecule has 0 aliphatic rings. The Labute approximate surface area is 52.0 Å². The van der Waals surface area contributed by atoms with Gasteiger partial charge in [-0.05, 0) is 6.42 Å². The van der Waals surface area contributed by atoms with E-state index in [0.29, 0.717) is 6.61 Å². The summed E-state index contributed by atoms with van der Waals surface area (Å²) in [5.74, 6) is 0. The highest BCUT2D eigenvalue weighted by atomic mass is 32.2. The third-order valence-electron chi connectivity index (χ3n) is 0.697. The Hall–Kier alpha value is 0.0700. The molecule has 0 saturated heterocycles. The van der Waals surface area contributed by atoms with Crippen LogP contribution in [-0.2, 0) is 15.4 Å². The van der Waals surface area contributed by atoms with Crippen molar-refractivity contribution < 1.29 is 8.39 Å². The lowest BCUT2D eigenvalue weighted by molar-refractivity contribution is 0.338. The summed E-state index contributed by atoms with van der Waals surface area (Å²) >= 11 is -1.57. The van der Waals surface area contributed by atoms with Crippen LogP contribution in [0.25, 0.3) is 0 Å². The van der Waals surface area contributed by atoms with Crippen LogP contribution in [0.1, 0.15) is 19.8 Å². The summed E-state index contributed by atoms with van der Waals surface area (Å²) in [7, 11) is 0. The predicted octanol–water partition coefficient (Wildman–Crippen LogP) is 0.341. The third-order valence-corrected chi connectivity index (χ3v) is 1.10. The maximum Gasteiger partial charge on any atom is 0.231 e. The lowest BCUT2D eigenvalue weighted by Gasteiger charge is -1.93. The molecule has 0 aliphatic heterocycles. The average molecular weight is 137 g/mol. The van der Waals surface area contributed by atoms with Gasteiger partial charge in [0, 0.05) is 0 Å². The smallest absolute Gasteiger partial charge is 0.231 e. The van der Waals surface area contributed by atoms with E-state index in [1.54, 1.807) is 0 Å². The molecule has 0 aliphatic carbocycles. The maximum absolute atomic E-state index is 9.99. The molecule has 0 amide bonds. The lowest BCUT2D eigenvalue weighted by Crippen LogP contribution is -2.07. The molecule has 1 unspecified atom stereocenters. The molecule has 0 saturated carbocycles. The average Bonchev–Trinajstić information content (AvgIpc) is 1.66. The highest BCUT2D eigenvalue weighted by molar-refractivity contribution is 7.77. The standard InChI is InChI=1S/C4H11NO2S/c1-2-3-4-7-8(5)6/h2-5H2,1H3. The van der Waals surface area contributed by atoms with E-state index in [2.05, 4.69) is 4.18 Å². The minimum atomic E-state index is -1.57. The van der Waals surface area contributed by atoms with Gasteiger partial charge >= 0.3 is 0 Å². The summed E-state index contributed by atoms with van der Waals surface area (Å²) in [4.78, 5) is 0. The van der Waals surface area contributed by atoms with E-state index in [0.717, 1.165) is 12.8 Å². The summed E-state index contributed by atoms with van der Waals surface area (Å²) in [6.07, 6.45) is 1.96. The fraction of sp³-hybridized carbons (Fsp3) is 1.00. The highest BCUT2D eigenvalue weighted by Crippen LogP contribution is 1.86. The summed E-state index contributed by atoms with van der Waals surface area (Å²) in [6.45, 7) is 2.53. The van der Waals surface area contributed by atoms with Gasteiger partial charge in [0.05, 0.1) is 6.61 Å². The summed E-state index contributed by atoms with van der Waals surface area (Å²) < 4.78 is 14.5. The number of hydrogen-bond donors (Lipinski definition) is 1.